The molecule has 4 nitrogen and oxygen atoms in total. The Hall–Kier alpha value is -1.85. The van der Waals surface area contributed by atoms with Crippen molar-refractivity contribution in [3.63, 3.8) is 0 Å². The van der Waals surface area contributed by atoms with Crippen LogP contribution in [-0.2, 0) is 0 Å². The summed E-state index contributed by atoms with van der Waals surface area (Å²) >= 11 is 1.53. The molecule has 0 unspecified atom stereocenters. The van der Waals surface area contributed by atoms with E-state index < -0.39 is 0 Å². The first-order valence-corrected chi connectivity index (χ1v) is 9.77. The van der Waals surface area contributed by atoms with Crippen molar-refractivity contribution < 1.29 is 9.53 Å². The SMILES string of the molecule is CCOc1cc(-c2ccccc2)sc1C(=O)N1CCN(C(C)C)CC1. The van der Waals surface area contributed by atoms with Gasteiger partial charge in [0.05, 0.1) is 6.61 Å². The highest BCUT2D eigenvalue weighted by molar-refractivity contribution is 7.17. The maximum atomic E-state index is 13.1. The predicted octanol–water partition coefficient (Wildman–Crippen LogP) is 3.98. The summed E-state index contributed by atoms with van der Waals surface area (Å²) in [5.41, 5.74) is 1.12. The van der Waals surface area contributed by atoms with Crippen LogP contribution in [0, 0.1) is 0 Å². The molecule has 1 saturated heterocycles. The first-order valence-electron chi connectivity index (χ1n) is 8.95. The van der Waals surface area contributed by atoms with Gasteiger partial charge < -0.3 is 9.64 Å². The number of carbonyl (C=O) groups excluding carboxylic acids is 1. The van der Waals surface area contributed by atoms with Crippen LogP contribution in [0.4, 0.5) is 0 Å². The first-order chi connectivity index (χ1) is 12.1. The van der Waals surface area contributed by atoms with Crippen LogP contribution in [0.5, 0.6) is 5.75 Å². The van der Waals surface area contributed by atoms with E-state index in [0.717, 1.165) is 41.5 Å². The van der Waals surface area contributed by atoms with Crippen LogP contribution in [0.15, 0.2) is 36.4 Å². The van der Waals surface area contributed by atoms with Crippen molar-refractivity contribution in [2.45, 2.75) is 26.8 Å². The molecular weight excluding hydrogens is 332 g/mol. The standard InChI is InChI=1S/C20H26N2O2S/c1-4-24-17-14-18(16-8-6-5-7-9-16)25-19(17)20(23)22-12-10-21(11-13-22)15(2)3/h5-9,14-15H,4,10-13H2,1-3H3. The number of nitrogens with zero attached hydrogens (tertiary/aromatic N) is 2. The monoisotopic (exact) mass is 358 g/mol. The first kappa shape index (κ1) is 18.0. The maximum Gasteiger partial charge on any atom is 0.267 e. The van der Waals surface area contributed by atoms with Crippen LogP contribution in [0.2, 0.25) is 0 Å². The van der Waals surface area contributed by atoms with Crippen LogP contribution in [0.1, 0.15) is 30.4 Å². The van der Waals surface area contributed by atoms with Crippen molar-refractivity contribution in [2.24, 2.45) is 0 Å². The smallest absolute Gasteiger partial charge is 0.267 e. The number of piperazine rings is 1. The Labute approximate surface area is 154 Å². The Kier molecular flexibility index (Phi) is 5.76. The lowest BCUT2D eigenvalue weighted by Gasteiger charge is -2.36. The Morgan fingerprint density at radius 3 is 2.44 bits per heavy atom. The molecule has 1 amide bonds. The average molecular weight is 359 g/mol. The summed E-state index contributed by atoms with van der Waals surface area (Å²) < 4.78 is 5.76. The van der Waals surface area contributed by atoms with Gasteiger partial charge in [0, 0.05) is 37.1 Å². The Morgan fingerprint density at radius 2 is 1.84 bits per heavy atom. The van der Waals surface area contributed by atoms with E-state index in [-0.39, 0.29) is 5.91 Å². The predicted molar refractivity (Wildman–Crippen MR) is 104 cm³/mol. The van der Waals surface area contributed by atoms with Crippen molar-refractivity contribution in [2.75, 3.05) is 32.8 Å². The summed E-state index contributed by atoms with van der Waals surface area (Å²) in [4.78, 5) is 19.2. The highest BCUT2D eigenvalue weighted by atomic mass is 32.1. The van der Waals surface area contributed by atoms with Crippen LogP contribution in [-0.4, -0.2) is 54.5 Å². The molecule has 1 aliphatic heterocycles. The van der Waals surface area contributed by atoms with Gasteiger partial charge in [-0.1, -0.05) is 30.3 Å². The molecule has 1 aromatic heterocycles. The molecule has 0 N–H and O–H groups in total. The lowest BCUT2D eigenvalue weighted by Crippen LogP contribution is -2.50. The van der Waals surface area contributed by atoms with Gasteiger partial charge in [-0.15, -0.1) is 11.3 Å². The van der Waals surface area contributed by atoms with Gasteiger partial charge in [-0.05, 0) is 32.4 Å². The molecule has 1 aliphatic rings. The molecule has 2 aromatic rings. The van der Waals surface area contributed by atoms with E-state index in [1.54, 1.807) is 0 Å². The summed E-state index contributed by atoms with van der Waals surface area (Å²) in [6.45, 7) is 10.4. The van der Waals surface area contributed by atoms with Crippen molar-refractivity contribution in [1.29, 1.82) is 0 Å². The number of ether oxygens (including phenoxy) is 1. The minimum atomic E-state index is 0.0963. The quantitative estimate of drug-likeness (QED) is 0.810. The van der Waals surface area contributed by atoms with Gasteiger partial charge >= 0.3 is 0 Å². The highest BCUT2D eigenvalue weighted by Crippen LogP contribution is 2.37. The van der Waals surface area contributed by atoms with Crippen molar-refractivity contribution in [3.8, 4) is 16.2 Å². The minimum absolute atomic E-state index is 0.0963. The van der Waals surface area contributed by atoms with Crippen LogP contribution in [0.3, 0.4) is 0 Å². The number of hydrogen-bond donors (Lipinski definition) is 0. The number of thiophene rings is 1. The van der Waals surface area contributed by atoms with Crippen molar-refractivity contribution in [1.82, 2.24) is 9.80 Å². The number of amides is 1. The second-order valence-corrected chi connectivity index (χ2v) is 7.58. The number of rotatable bonds is 5. The van der Waals surface area contributed by atoms with Crippen LogP contribution >= 0.6 is 11.3 Å². The van der Waals surface area contributed by atoms with E-state index in [1.165, 1.54) is 11.3 Å². The summed E-state index contributed by atoms with van der Waals surface area (Å²) in [6, 6.07) is 12.7. The fraction of sp³-hybridized carbons (Fsp3) is 0.450. The van der Waals surface area contributed by atoms with E-state index in [4.69, 9.17) is 4.74 Å². The number of benzene rings is 1. The molecule has 1 aromatic carbocycles. The van der Waals surface area contributed by atoms with Crippen LogP contribution < -0.4 is 4.74 Å². The lowest BCUT2D eigenvalue weighted by molar-refractivity contribution is 0.0597. The molecule has 3 rings (SSSR count). The molecule has 0 saturated carbocycles. The molecule has 1 fully saturated rings. The fourth-order valence-corrected chi connectivity index (χ4v) is 4.19. The third kappa shape index (κ3) is 4.05. The average Bonchev–Trinajstić information content (AvgIpc) is 3.06. The Bertz CT molecular complexity index is 704. The van der Waals surface area contributed by atoms with Gasteiger partial charge in [0.1, 0.15) is 10.6 Å². The zero-order valence-corrected chi connectivity index (χ0v) is 16.0. The molecule has 0 atom stereocenters. The lowest BCUT2D eigenvalue weighted by atomic mass is 10.2. The molecule has 25 heavy (non-hydrogen) atoms. The van der Waals surface area contributed by atoms with Gasteiger partial charge in [0.2, 0.25) is 0 Å². The van der Waals surface area contributed by atoms with E-state index in [1.807, 2.05) is 36.1 Å². The summed E-state index contributed by atoms with van der Waals surface area (Å²) in [5, 5.41) is 0. The number of hydrogen-bond acceptors (Lipinski definition) is 4. The number of carbonyl (C=O) groups is 1. The van der Waals surface area contributed by atoms with Gasteiger partial charge in [-0.25, -0.2) is 0 Å². The molecular formula is C20H26N2O2S. The third-order valence-electron chi connectivity index (χ3n) is 4.58. The van der Waals surface area contributed by atoms with E-state index >= 15 is 0 Å². The zero-order valence-electron chi connectivity index (χ0n) is 15.2. The van der Waals surface area contributed by atoms with Gasteiger partial charge in [0.25, 0.3) is 5.91 Å². The molecule has 0 spiro atoms. The molecule has 0 aliphatic carbocycles. The van der Waals surface area contributed by atoms with Crippen LogP contribution in [0.25, 0.3) is 10.4 Å². The molecule has 0 bridgehead atoms. The fourth-order valence-electron chi connectivity index (χ4n) is 3.12. The Morgan fingerprint density at radius 1 is 1.16 bits per heavy atom. The third-order valence-corrected chi connectivity index (χ3v) is 5.74. The second-order valence-electron chi connectivity index (χ2n) is 6.52. The maximum absolute atomic E-state index is 13.1. The van der Waals surface area contributed by atoms with E-state index in [2.05, 4.69) is 30.9 Å². The van der Waals surface area contributed by atoms with E-state index in [9.17, 15) is 4.79 Å². The largest absolute Gasteiger partial charge is 0.492 e. The molecule has 2 heterocycles. The Balaban J connectivity index is 1.81. The highest BCUT2D eigenvalue weighted by Gasteiger charge is 2.27. The molecule has 0 radical (unpaired) electrons. The summed E-state index contributed by atoms with van der Waals surface area (Å²) in [6.07, 6.45) is 0. The second kappa shape index (κ2) is 8.02. The van der Waals surface area contributed by atoms with Crippen molar-refractivity contribution in [3.05, 3.63) is 41.3 Å². The molecule has 134 valence electrons. The summed E-state index contributed by atoms with van der Waals surface area (Å²) in [7, 11) is 0. The van der Waals surface area contributed by atoms with Gasteiger partial charge in [-0.2, -0.15) is 0 Å². The normalized spacial score (nSPS) is 15.6. The van der Waals surface area contributed by atoms with Crippen molar-refractivity contribution >= 4 is 17.2 Å². The topological polar surface area (TPSA) is 32.8 Å². The van der Waals surface area contributed by atoms with E-state index in [0.29, 0.717) is 18.4 Å². The minimum Gasteiger partial charge on any atom is -0.492 e. The summed E-state index contributed by atoms with van der Waals surface area (Å²) in [5.74, 6) is 0.807. The van der Waals surface area contributed by atoms with Gasteiger partial charge in [0.15, 0.2) is 0 Å². The molecule has 5 heteroatoms. The van der Waals surface area contributed by atoms with Gasteiger partial charge in [-0.3, -0.25) is 9.69 Å². The zero-order chi connectivity index (χ0) is 17.8.